The van der Waals surface area contributed by atoms with E-state index in [0.29, 0.717) is 0 Å². The number of anilines is 1. The normalized spacial score (nSPS) is 23.6. The smallest absolute Gasteiger partial charge is 0.382 e. The molecule has 1 aromatic heterocycles. The first kappa shape index (κ1) is 29.5. The zero-order chi connectivity index (χ0) is 26.4. The van der Waals surface area contributed by atoms with E-state index in [9.17, 15) is 28.3 Å². The number of nitrogens with zero attached hydrogens (tertiary/aromatic N) is 2. The molecule has 1 aliphatic heterocycles. The number of hydrogen-bond acceptors (Lipinski definition) is 12. The van der Waals surface area contributed by atoms with Crippen LogP contribution in [0.5, 0.6) is 0 Å². The van der Waals surface area contributed by atoms with Gasteiger partial charge in [-0.25, -0.2) is 18.5 Å². The van der Waals surface area contributed by atoms with Crippen LogP contribution in [-0.4, -0.2) is 61.1 Å². The van der Waals surface area contributed by atoms with Gasteiger partial charge in [-0.15, -0.1) is 6.58 Å². The van der Waals surface area contributed by atoms with Gasteiger partial charge in [0.05, 0.1) is 31.4 Å². The molecule has 2 rings (SSSR count). The van der Waals surface area contributed by atoms with Crippen molar-refractivity contribution in [2.45, 2.75) is 24.9 Å². The van der Waals surface area contributed by atoms with Crippen LogP contribution in [0.4, 0.5) is 5.82 Å². The third kappa shape index (κ3) is 9.34. The maximum atomic E-state index is 12.4. The van der Waals surface area contributed by atoms with E-state index >= 15 is 0 Å². The second-order valence-electron chi connectivity index (χ2n) is 6.65. The lowest BCUT2D eigenvalue weighted by Gasteiger charge is -2.21. The summed E-state index contributed by atoms with van der Waals surface area (Å²) in [5.41, 5.74) is 10.4. The summed E-state index contributed by atoms with van der Waals surface area (Å²) in [7, 11) is -16.6. The number of nitrogens with two attached hydrogens (primary N) is 2. The average molecular weight is 560 g/mol. The van der Waals surface area contributed by atoms with Crippen LogP contribution in [0, 0.1) is 11.8 Å². The van der Waals surface area contributed by atoms with Crippen molar-refractivity contribution in [1.29, 1.82) is 0 Å². The first-order chi connectivity index (χ1) is 16.2. The van der Waals surface area contributed by atoms with Crippen LogP contribution in [0.3, 0.4) is 0 Å². The van der Waals surface area contributed by atoms with Crippen molar-refractivity contribution < 1.29 is 55.9 Å². The van der Waals surface area contributed by atoms with Crippen molar-refractivity contribution in [3.05, 3.63) is 34.9 Å². The van der Waals surface area contributed by atoms with Crippen molar-refractivity contribution in [3.8, 4) is 11.8 Å². The summed E-state index contributed by atoms with van der Waals surface area (Å²) in [6.45, 7) is 2.77. The van der Waals surface area contributed by atoms with Crippen LogP contribution in [0.25, 0.3) is 0 Å². The number of aromatic nitrogens is 2. The van der Waals surface area contributed by atoms with Gasteiger partial charge in [0.25, 0.3) is 0 Å². The molecule has 0 aliphatic carbocycles. The van der Waals surface area contributed by atoms with Crippen LogP contribution in [0.15, 0.2) is 23.6 Å². The summed E-state index contributed by atoms with van der Waals surface area (Å²) in [4.78, 5) is 52.1. The summed E-state index contributed by atoms with van der Waals surface area (Å²) < 4.78 is 58.4. The quantitative estimate of drug-likeness (QED) is 0.111. The fourth-order valence-electron chi connectivity index (χ4n) is 2.79. The summed E-state index contributed by atoms with van der Waals surface area (Å²) in [5.74, 6) is 5.09. The maximum absolute atomic E-state index is 12.4. The molecule has 0 bridgehead atoms. The molecule has 1 fully saturated rings. The van der Waals surface area contributed by atoms with Gasteiger partial charge in [-0.1, -0.05) is 17.9 Å². The van der Waals surface area contributed by atoms with Crippen LogP contribution in [0.2, 0.25) is 0 Å². The van der Waals surface area contributed by atoms with Gasteiger partial charge in [0.2, 0.25) is 0 Å². The summed E-state index contributed by atoms with van der Waals surface area (Å²) in [5, 5.41) is 0. The molecule has 0 spiro atoms. The molecule has 0 radical (unpaired) electrons. The van der Waals surface area contributed by atoms with E-state index in [1.54, 1.807) is 0 Å². The van der Waals surface area contributed by atoms with Gasteiger partial charge in [0, 0.05) is 12.6 Å². The van der Waals surface area contributed by atoms with E-state index in [1.165, 1.54) is 12.3 Å². The molecule has 35 heavy (non-hydrogen) atoms. The molecule has 20 heteroatoms. The molecule has 1 aliphatic rings. The molecule has 3 unspecified atom stereocenters. The summed E-state index contributed by atoms with van der Waals surface area (Å²) in [6, 6.07) is 0. The SMILES string of the molecule is C=CCOC1C[C@H](n2cc(C#CCN)c(N)nc2=O)O[C@@H]1COP(=O)(O)OP(=O)(O)OP(=O)(O)O. The number of nitrogen functional groups attached to an aromatic ring is 1. The molecular weight excluding hydrogens is 537 g/mol. The lowest BCUT2D eigenvalue weighted by molar-refractivity contribution is -0.0570. The lowest BCUT2D eigenvalue weighted by Crippen LogP contribution is -2.29. The monoisotopic (exact) mass is 560 g/mol. The summed E-state index contributed by atoms with van der Waals surface area (Å²) in [6.07, 6.45) is -0.273. The van der Waals surface area contributed by atoms with Gasteiger partial charge >= 0.3 is 29.2 Å². The number of phosphoric acid groups is 3. The zero-order valence-electron chi connectivity index (χ0n) is 17.8. The first-order valence-corrected chi connectivity index (χ1v) is 13.9. The van der Waals surface area contributed by atoms with Gasteiger partial charge in [0.15, 0.2) is 0 Å². The molecule has 2 heterocycles. The molecule has 5 atom stereocenters. The highest BCUT2D eigenvalue weighted by Crippen LogP contribution is 2.66. The minimum atomic E-state index is -5.69. The Hall–Kier alpha value is -1.73. The third-order valence-electron chi connectivity index (χ3n) is 4.04. The van der Waals surface area contributed by atoms with Crippen LogP contribution >= 0.6 is 23.5 Å². The Morgan fingerprint density at radius 3 is 2.54 bits per heavy atom. The molecule has 1 saturated heterocycles. The standard InChI is InChI=1S/C15H23N4O13P3/c1-2-6-28-11-7-13(19-8-10(4-3-5-16)14(17)18-15(19)20)30-12(11)9-29-34(24,25)32-35(26,27)31-33(21,22)23/h2,8,11-13H,1,5-7,9,16H2,(H,24,25)(H,26,27)(H2,17,18,20)(H2,21,22,23)/t11?,12-,13-/m1/s1. The Labute approximate surface area is 198 Å². The second kappa shape index (κ2) is 12.0. The predicted molar refractivity (Wildman–Crippen MR) is 117 cm³/mol. The average Bonchev–Trinajstić information content (AvgIpc) is 3.10. The fraction of sp³-hybridized carbons (Fsp3) is 0.467. The van der Waals surface area contributed by atoms with Crippen LogP contribution in [-0.2, 0) is 36.3 Å². The highest BCUT2D eigenvalue weighted by Gasteiger charge is 2.43. The lowest BCUT2D eigenvalue weighted by atomic mass is 10.2. The fourth-order valence-corrected chi connectivity index (χ4v) is 5.82. The molecular formula is C15H23N4O13P3. The molecule has 0 saturated carbocycles. The number of hydrogen-bond donors (Lipinski definition) is 6. The Morgan fingerprint density at radius 1 is 1.26 bits per heavy atom. The topological polar surface area (TPSA) is 265 Å². The molecule has 8 N–H and O–H groups in total. The Morgan fingerprint density at radius 2 is 1.94 bits per heavy atom. The van der Waals surface area contributed by atoms with Gasteiger partial charge < -0.3 is 40.5 Å². The van der Waals surface area contributed by atoms with E-state index in [4.69, 9.17) is 30.7 Å². The minimum absolute atomic E-state index is 0.0214. The molecule has 17 nitrogen and oxygen atoms in total. The van der Waals surface area contributed by atoms with Crippen LogP contribution < -0.4 is 17.2 Å². The zero-order valence-corrected chi connectivity index (χ0v) is 20.5. The van der Waals surface area contributed by atoms with E-state index in [2.05, 4.69) is 36.5 Å². The van der Waals surface area contributed by atoms with E-state index in [1.807, 2.05) is 0 Å². The highest BCUT2D eigenvalue weighted by molar-refractivity contribution is 7.66. The van der Waals surface area contributed by atoms with Gasteiger partial charge in [0.1, 0.15) is 18.1 Å². The van der Waals surface area contributed by atoms with E-state index < -0.39 is 54.2 Å². The predicted octanol–water partition coefficient (Wildman–Crippen LogP) is -0.662. The Balaban J connectivity index is 2.20. The van der Waals surface area contributed by atoms with Crippen molar-refractivity contribution in [1.82, 2.24) is 9.55 Å². The number of ether oxygens (including phenoxy) is 2. The maximum Gasteiger partial charge on any atom is 0.490 e. The number of rotatable bonds is 11. The van der Waals surface area contributed by atoms with Crippen molar-refractivity contribution >= 4 is 29.3 Å². The molecule has 0 aromatic carbocycles. The van der Waals surface area contributed by atoms with Crippen molar-refractivity contribution in [2.75, 3.05) is 25.5 Å². The van der Waals surface area contributed by atoms with Gasteiger partial charge in [-0.05, 0) is 0 Å². The van der Waals surface area contributed by atoms with Crippen molar-refractivity contribution in [3.63, 3.8) is 0 Å². The minimum Gasteiger partial charge on any atom is -0.382 e. The van der Waals surface area contributed by atoms with E-state index in [-0.39, 0.29) is 31.0 Å². The van der Waals surface area contributed by atoms with Gasteiger partial charge in [-0.2, -0.15) is 13.6 Å². The molecule has 196 valence electrons. The highest BCUT2D eigenvalue weighted by atomic mass is 31.3. The second-order valence-corrected chi connectivity index (χ2v) is 11.1. The number of phosphoric ester groups is 1. The molecule has 1 aromatic rings. The largest absolute Gasteiger partial charge is 0.490 e. The Kier molecular flexibility index (Phi) is 10.1. The van der Waals surface area contributed by atoms with E-state index in [0.717, 1.165) is 4.57 Å². The van der Waals surface area contributed by atoms with Crippen molar-refractivity contribution in [2.24, 2.45) is 5.73 Å². The van der Waals surface area contributed by atoms with Crippen LogP contribution in [0.1, 0.15) is 18.2 Å². The summed E-state index contributed by atoms with van der Waals surface area (Å²) >= 11 is 0. The van der Waals surface area contributed by atoms with Gasteiger partial charge in [-0.3, -0.25) is 9.09 Å². The molecule has 0 amide bonds. The third-order valence-corrected chi connectivity index (χ3v) is 7.85. The first-order valence-electron chi connectivity index (χ1n) is 9.40. The Bertz CT molecular complexity index is 1190.